The van der Waals surface area contributed by atoms with Gasteiger partial charge in [0.05, 0.1) is 0 Å². The topological polar surface area (TPSA) is 32.8 Å². The average molecular weight is 214 g/mol. The molecule has 1 aliphatic heterocycles. The molecule has 4 nitrogen and oxygen atoms in total. The molecule has 0 aromatic rings. The van der Waals surface area contributed by atoms with Crippen LogP contribution in [-0.2, 0) is 4.74 Å². The van der Waals surface area contributed by atoms with E-state index in [2.05, 4.69) is 19.0 Å². The highest BCUT2D eigenvalue weighted by atomic mass is 16.6. The lowest BCUT2D eigenvalue weighted by atomic mass is 10.0. The second kappa shape index (κ2) is 4.39. The van der Waals surface area contributed by atoms with Crippen molar-refractivity contribution in [2.45, 2.75) is 26.4 Å². The van der Waals surface area contributed by atoms with Crippen molar-refractivity contribution in [3.05, 3.63) is 0 Å². The lowest BCUT2D eigenvalue weighted by Crippen LogP contribution is -2.54. The van der Waals surface area contributed by atoms with Crippen molar-refractivity contribution in [1.29, 1.82) is 0 Å². The molecule has 0 bridgehead atoms. The Kier molecular flexibility index (Phi) is 3.60. The largest absolute Gasteiger partial charge is 0.444 e. The van der Waals surface area contributed by atoms with E-state index >= 15 is 0 Å². The number of hydrogen-bond donors (Lipinski definition) is 0. The summed E-state index contributed by atoms with van der Waals surface area (Å²) in [6.45, 7) is 8.37. The van der Waals surface area contributed by atoms with Crippen LogP contribution in [0.25, 0.3) is 0 Å². The second-order valence-corrected chi connectivity index (χ2v) is 5.51. The maximum absolute atomic E-state index is 11.6. The van der Waals surface area contributed by atoms with E-state index in [9.17, 15) is 4.79 Å². The summed E-state index contributed by atoms with van der Waals surface area (Å²) in [7, 11) is 4.10. The molecule has 1 rings (SSSR count). The van der Waals surface area contributed by atoms with Crippen molar-refractivity contribution < 1.29 is 9.53 Å². The van der Waals surface area contributed by atoms with Gasteiger partial charge in [0.15, 0.2) is 0 Å². The van der Waals surface area contributed by atoms with E-state index in [1.165, 1.54) is 0 Å². The van der Waals surface area contributed by atoms with Crippen LogP contribution in [-0.4, -0.2) is 55.2 Å². The molecule has 1 amide bonds. The lowest BCUT2D eigenvalue weighted by molar-refractivity contribution is -0.00425. The Hall–Kier alpha value is -0.770. The summed E-state index contributed by atoms with van der Waals surface area (Å²) in [6, 6.07) is 0. The first-order valence-corrected chi connectivity index (χ1v) is 5.40. The fraction of sp³-hybridized carbons (Fsp3) is 0.909. The number of hydrogen-bond acceptors (Lipinski definition) is 3. The van der Waals surface area contributed by atoms with E-state index in [0.717, 1.165) is 19.6 Å². The zero-order chi connectivity index (χ0) is 11.6. The predicted octanol–water partition coefficient (Wildman–Crippen LogP) is 1.41. The van der Waals surface area contributed by atoms with Gasteiger partial charge in [-0.3, -0.25) is 0 Å². The monoisotopic (exact) mass is 214 g/mol. The van der Waals surface area contributed by atoms with Gasteiger partial charge in [0.1, 0.15) is 5.60 Å². The average Bonchev–Trinajstić information content (AvgIpc) is 1.91. The molecule has 1 saturated heterocycles. The molecular formula is C11H22N2O2. The van der Waals surface area contributed by atoms with Gasteiger partial charge in [0.25, 0.3) is 0 Å². The smallest absolute Gasteiger partial charge is 0.410 e. The van der Waals surface area contributed by atoms with Crippen LogP contribution >= 0.6 is 0 Å². The highest BCUT2D eigenvalue weighted by molar-refractivity contribution is 5.69. The number of amides is 1. The summed E-state index contributed by atoms with van der Waals surface area (Å²) in [5.41, 5.74) is -0.385. The Labute approximate surface area is 92.2 Å². The molecule has 0 unspecified atom stereocenters. The molecule has 1 aliphatic rings. The maximum atomic E-state index is 11.6. The number of carbonyl (C=O) groups is 1. The summed E-state index contributed by atoms with van der Waals surface area (Å²) in [5, 5.41) is 0. The number of rotatable bonds is 2. The third kappa shape index (κ3) is 4.08. The highest BCUT2D eigenvalue weighted by Crippen LogP contribution is 2.19. The minimum Gasteiger partial charge on any atom is -0.444 e. The normalized spacial score (nSPS) is 17.9. The van der Waals surface area contributed by atoms with Crippen LogP contribution in [0.5, 0.6) is 0 Å². The summed E-state index contributed by atoms with van der Waals surface area (Å²) < 4.78 is 5.27. The van der Waals surface area contributed by atoms with Crippen LogP contribution in [0.15, 0.2) is 0 Å². The zero-order valence-electron chi connectivity index (χ0n) is 10.4. The van der Waals surface area contributed by atoms with Crippen molar-refractivity contribution in [1.82, 2.24) is 9.80 Å². The Bertz CT molecular complexity index is 227. The van der Waals surface area contributed by atoms with Gasteiger partial charge in [-0.05, 0) is 34.9 Å². The van der Waals surface area contributed by atoms with Crippen LogP contribution in [0, 0.1) is 5.92 Å². The SMILES string of the molecule is CN(C)CC1CN(C(=O)OC(C)(C)C)C1. The fourth-order valence-corrected chi connectivity index (χ4v) is 1.68. The first-order chi connectivity index (χ1) is 6.78. The minimum absolute atomic E-state index is 0.183. The Balaban J connectivity index is 2.24. The van der Waals surface area contributed by atoms with E-state index < -0.39 is 0 Å². The van der Waals surface area contributed by atoms with Crippen molar-refractivity contribution in [2.24, 2.45) is 5.92 Å². The zero-order valence-corrected chi connectivity index (χ0v) is 10.4. The van der Waals surface area contributed by atoms with Gasteiger partial charge in [-0.1, -0.05) is 0 Å². The molecule has 0 atom stereocenters. The highest BCUT2D eigenvalue weighted by Gasteiger charge is 2.33. The van der Waals surface area contributed by atoms with Gasteiger partial charge < -0.3 is 14.5 Å². The van der Waals surface area contributed by atoms with Crippen LogP contribution in [0.1, 0.15) is 20.8 Å². The molecule has 0 radical (unpaired) electrons. The van der Waals surface area contributed by atoms with Gasteiger partial charge in [0, 0.05) is 25.6 Å². The standard InChI is InChI=1S/C11H22N2O2/c1-11(2,3)15-10(14)13-7-9(8-13)6-12(4)5/h9H,6-8H2,1-5H3. The van der Waals surface area contributed by atoms with E-state index in [4.69, 9.17) is 4.74 Å². The predicted molar refractivity (Wildman–Crippen MR) is 59.9 cm³/mol. The van der Waals surface area contributed by atoms with E-state index in [-0.39, 0.29) is 11.7 Å². The molecule has 0 aromatic heterocycles. The van der Waals surface area contributed by atoms with Crippen molar-refractivity contribution in [3.63, 3.8) is 0 Å². The van der Waals surface area contributed by atoms with Crippen molar-refractivity contribution >= 4 is 6.09 Å². The number of ether oxygens (including phenoxy) is 1. The van der Waals surface area contributed by atoms with Crippen LogP contribution in [0.3, 0.4) is 0 Å². The quantitative estimate of drug-likeness (QED) is 0.697. The summed E-state index contributed by atoms with van der Waals surface area (Å²) in [4.78, 5) is 15.5. The van der Waals surface area contributed by atoms with E-state index in [0.29, 0.717) is 5.92 Å². The third-order valence-electron chi connectivity index (χ3n) is 2.23. The number of nitrogens with zero attached hydrogens (tertiary/aromatic N) is 2. The molecular weight excluding hydrogens is 192 g/mol. The summed E-state index contributed by atoms with van der Waals surface area (Å²) in [5.74, 6) is 0.604. The lowest BCUT2D eigenvalue weighted by Gasteiger charge is -2.40. The molecule has 0 N–H and O–H groups in total. The molecule has 1 fully saturated rings. The van der Waals surface area contributed by atoms with Gasteiger partial charge in [-0.15, -0.1) is 0 Å². The number of likely N-dealkylation sites (tertiary alicyclic amines) is 1. The van der Waals surface area contributed by atoms with Gasteiger partial charge in [-0.25, -0.2) is 4.79 Å². The fourth-order valence-electron chi connectivity index (χ4n) is 1.68. The third-order valence-corrected chi connectivity index (χ3v) is 2.23. The van der Waals surface area contributed by atoms with Gasteiger partial charge in [-0.2, -0.15) is 0 Å². The molecule has 0 aliphatic carbocycles. The van der Waals surface area contributed by atoms with Crippen LogP contribution in [0.2, 0.25) is 0 Å². The van der Waals surface area contributed by atoms with Crippen molar-refractivity contribution in [3.8, 4) is 0 Å². The second-order valence-electron chi connectivity index (χ2n) is 5.51. The minimum atomic E-state index is -0.385. The molecule has 4 heteroatoms. The van der Waals surface area contributed by atoms with Gasteiger partial charge >= 0.3 is 6.09 Å². The van der Waals surface area contributed by atoms with Gasteiger partial charge in [0.2, 0.25) is 0 Å². The van der Waals surface area contributed by atoms with E-state index in [1.54, 1.807) is 4.90 Å². The molecule has 0 saturated carbocycles. The summed E-state index contributed by atoms with van der Waals surface area (Å²) in [6.07, 6.45) is -0.183. The molecule has 0 aromatic carbocycles. The molecule has 88 valence electrons. The first-order valence-electron chi connectivity index (χ1n) is 5.40. The van der Waals surface area contributed by atoms with E-state index in [1.807, 2.05) is 20.8 Å². The Morgan fingerprint density at radius 2 is 1.93 bits per heavy atom. The maximum Gasteiger partial charge on any atom is 0.410 e. The number of carbonyl (C=O) groups excluding carboxylic acids is 1. The summed E-state index contributed by atoms with van der Waals surface area (Å²) >= 11 is 0. The molecule has 15 heavy (non-hydrogen) atoms. The first kappa shape index (κ1) is 12.3. The molecule has 0 spiro atoms. The Morgan fingerprint density at radius 3 is 2.33 bits per heavy atom. The Morgan fingerprint density at radius 1 is 1.40 bits per heavy atom. The van der Waals surface area contributed by atoms with Crippen LogP contribution < -0.4 is 0 Å². The van der Waals surface area contributed by atoms with Crippen molar-refractivity contribution in [2.75, 3.05) is 33.7 Å². The van der Waals surface area contributed by atoms with Crippen LogP contribution in [0.4, 0.5) is 4.79 Å². The molecule has 1 heterocycles.